The molecule has 0 bridgehead atoms. The van der Waals surface area contributed by atoms with Gasteiger partial charge in [-0.3, -0.25) is 0 Å². The Morgan fingerprint density at radius 2 is 1.66 bits per heavy atom. The van der Waals surface area contributed by atoms with Crippen LogP contribution in [0.4, 0.5) is 0 Å². The van der Waals surface area contributed by atoms with E-state index in [9.17, 15) is 9.90 Å². The van der Waals surface area contributed by atoms with Crippen LogP contribution in [-0.2, 0) is 26.1 Å². The summed E-state index contributed by atoms with van der Waals surface area (Å²) < 4.78 is 7.30. The lowest BCUT2D eigenvalue weighted by Crippen LogP contribution is -2.17. The molecule has 2 N–H and O–H groups in total. The average molecular weight is 429 g/mol. The second kappa shape index (κ2) is 9.71. The van der Waals surface area contributed by atoms with Crippen molar-refractivity contribution in [3.05, 3.63) is 101 Å². The lowest BCUT2D eigenvalue weighted by atomic mass is 10.1. The molecule has 0 saturated heterocycles. The maximum Gasteiger partial charge on any atom is 0.352 e. The molecule has 0 fully saturated rings. The van der Waals surface area contributed by atoms with Crippen LogP contribution >= 0.6 is 0 Å². The van der Waals surface area contributed by atoms with Crippen LogP contribution in [0, 0.1) is 0 Å². The molecule has 0 saturated carbocycles. The molecule has 5 nitrogen and oxygen atoms in total. The number of nitrogens with one attached hydrogen (secondary N) is 1. The maximum atomic E-state index is 12.4. The Bertz CT molecular complexity index is 1210. The molecule has 164 valence electrons. The fraction of sp³-hybridized carbons (Fsp3) is 0.222. The molecule has 0 amide bonds. The van der Waals surface area contributed by atoms with Crippen LogP contribution < -0.4 is 10.1 Å². The number of hydrogen-bond donors (Lipinski definition) is 2. The number of aryl methyl sites for hydroxylation is 1. The second-order valence-corrected chi connectivity index (χ2v) is 7.86. The standard InChI is InChI=1S/C27H28N2O3/c1-3-19-9-11-20(12-10-19)16-28-17-24-23-14-13-22(32-2)15-25(23)29(26(24)27(30)31)18-21-7-5-4-6-8-21/h4-15,28H,3,16-18H2,1-2H3,(H,30,31). The number of fused-ring (bicyclic) bond motifs is 1. The topological polar surface area (TPSA) is 63.5 Å². The van der Waals surface area contributed by atoms with Crippen molar-refractivity contribution in [1.29, 1.82) is 0 Å². The summed E-state index contributed by atoms with van der Waals surface area (Å²) in [4.78, 5) is 12.4. The van der Waals surface area contributed by atoms with Crippen molar-refractivity contribution in [2.24, 2.45) is 0 Å². The van der Waals surface area contributed by atoms with Gasteiger partial charge in [0.15, 0.2) is 0 Å². The smallest absolute Gasteiger partial charge is 0.352 e. The Morgan fingerprint density at radius 1 is 0.938 bits per heavy atom. The molecule has 0 unspecified atom stereocenters. The van der Waals surface area contributed by atoms with Crippen molar-refractivity contribution in [2.75, 3.05) is 7.11 Å². The van der Waals surface area contributed by atoms with Crippen molar-refractivity contribution in [1.82, 2.24) is 9.88 Å². The van der Waals surface area contributed by atoms with Gasteiger partial charge in [0.1, 0.15) is 11.4 Å². The quantitative estimate of drug-likeness (QED) is 0.382. The number of carboxylic acid groups (broad SMARTS) is 1. The van der Waals surface area contributed by atoms with Crippen molar-refractivity contribution < 1.29 is 14.6 Å². The van der Waals surface area contributed by atoms with Gasteiger partial charge in [-0.15, -0.1) is 0 Å². The van der Waals surface area contributed by atoms with Crippen LogP contribution in [0.1, 0.15) is 39.7 Å². The molecule has 5 heteroatoms. The van der Waals surface area contributed by atoms with Crippen LogP contribution in [0.5, 0.6) is 5.75 Å². The molecule has 4 aromatic rings. The minimum absolute atomic E-state index is 0.311. The fourth-order valence-electron chi connectivity index (χ4n) is 4.11. The molecule has 0 spiro atoms. The number of carbonyl (C=O) groups is 1. The SMILES string of the molecule is CCc1ccc(CNCc2c(C(=O)O)n(Cc3ccccc3)c3cc(OC)ccc23)cc1. The van der Waals surface area contributed by atoms with Crippen LogP contribution in [-0.4, -0.2) is 22.8 Å². The van der Waals surface area contributed by atoms with E-state index < -0.39 is 5.97 Å². The molecule has 4 rings (SSSR count). The minimum atomic E-state index is -0.930. The van der Waals surface area contributed by atoms with Gasteiger partial charge in [0.05, 0.1) is 12.6 Å². The number of hydrogen-bond acceptors (Lipinski definition) is 3. The Kier molecular flexibility index (Phi) is 6.57. The average Bonchev–Trinajstić information content (AvgIpc) is 3.12. The number of carboxylic acids is 1. The van der Waals surface area contributed by atoms with Crippen LogP contribution in [0.2, 0.25) is 0 Å². The van der Waals surface area contributed by atoms with Crippen LogP contribution in [0.25, 0.3) is 10.9 Å². The van der Waals surface area contributed by atoms with E-state index in [4.69, 9.17) is 4.74 Å². The predicted molar refractivity (Wildman–Crippen MR) is 127 cm³/mol. The molecule has 1 heterocycles. The van der Waals surface area contributed by atoms with Gasteiger partial charge in [-0.2, -0.15) is 0 Å². The Labute approximate surface area is 188 Å². The molecule has 32 heavy (non-hydrogen) atoms. The van der Waals surface area contributed by atoms with Crippen molar-refractivity contribution in [2.45, 2.75) is 33.0 Å². The summed E-state index contributed by atoms with van der Waals surface area (Å²) in [5.74, 6) is -0.225. The molecule has 0 aliphatic rings. The molecule has 3 aromatic carbocycles. The third-order valence-electron chi connectivity index (χ3n) is 5.82. The Hall–Kier alpha value is -3.57. The van der Waals surface area contributed by atoms with E-state index in [1.165, 1.54) is 11.1 Å². The van der Waals surface area contributed by atoms with Crippen molar-refractivity contribution >= 4 is 16.9 Å². The second-order valence-electron chi connectivity index (χ2n) is 7.86. The van der Waals surface area contributed by atoms with Gasteiger partial charge in [0.25, 0.3) is 0 Å². The molecular weight excluding hydrogens is 400 g/mol. The number of rotatable bonds is 9. The van der Waals surface area contributed by atoms with E-state index >= 15 is 0 Å². The first kappa shape index (κ1) is 21.7. The van der Waals surface area contributed by atoms with Gasteiger partial charge >= 0.3 is 5.97 Å². The lowest BCUT2D eigenvalue weighted by Gasteiger charge is -2.10. The summed E-state index contributed by atoms with van der Waals surface area (Å²) in [6, 6.07) is 24.2. The zero-order chi connectivity index (χ0) is 22.5. The summed E-state index contributed by atoms with van der Waals surface area (Å²) in [6.07, 6.45) is 1.01. The summed E-state index contributed by atoms with van der Waals surface area (Å²) in [5.41, 5.74) is 5.48. The molecule has 0 aliphatic carbocycles. The number of ether oxygens (including phenoxy) is 1. The largest absolute Gasteiger partial charge is 0.497 e. The van der Waals surface area contributed by atoms with E-state index in [0.717, 1.165) is 28.5 Å². The van der Waals surface area contributed by atoms with Crippen LogP contribution in [0.15, 0.2) is 72.8 Å². The first-order chi connectivity index (χ1) is 15.6. The first-order valence-corrected chi connectivity index (χ1v) is 10.9. The highest BCUT2D eigenvalue weighted by atomic mass is 16.5. The number of benzene rings is 3. The van der Waals surface area contributed by atoms with Gasteiger partial charge in [-0.25, -0.2) is 4.79 Å². The van der Waals surface area contributed by atoms with E-state index in [0.29, 0.717) is 31.1 Å². The van der Waals surface area contributed by atoms with Crippen molar-refractivity contribution in [3.8, 4) is 5.75 Å². The summed E-state index contributed by atoms with van der Waals surface area (Å²) >= 11 is 0. The van der Waals surface area contributed by atoms with E-state index in [-0.39, 0.29) is 0 Å². The van der Waals surface area contributed by atoms with E-state index in [2.05, 4.69) is 36.5 Å². The van der Waals surface area contributed by atoms with Gasteiger partial charge in [0.2, 0.25) is 0 Å². The highest BCUT2D eigenvalue weighted by molar-refractivity contribution is 5.98. The Balaban J connectivity index is 1.70. The number of aromatic nitrogens is 1. The van der Waals surface area contributed by atoms with Gasteiger partial charge < -0.3 is 19.7 Å². The molecule has 0 aliphatic heterocycles. The molecular formula is C27H28N2O3. The highest BCUT2D eigenvalue weighted by Gasteiger charge is 2.22. The first-order valence-electron chi connectivity index (χ1n) is 10.9. The third-order valence-corrected chi connectivity index (χ3v) is 5.82. The van der Waals surface area contributed by atoms with Gasteiger partial charge in [0, 0.05) is 36.7 Å². The summed E-state index contributed by atoms with van der Waals surface area (Å²) in [6.45, 7) is 3.75. The third kappa shape index (κ3) is 4.53. The molecule has 1 aromatic heterocycles. The normalized spacial score (nSPS) is 11.1. The van der Waals surface area contributed by atoms with Gasteiger partial charge in [-0.05, 0) is 35.2 Å². The summed E-state index contributed by atoms with van der Waals surface area (Å²) in [7, 11) is 1.62. The van der Waals surface area contributed by atoms with E-state index in [1.54, 1.807) is 7.11 Å². The molecule has 0 atom stereocenters. The number of aromatic carboxylic acids is 1. The van der Waals surface area contributed by atoms with Crippen molar-refractivity contribution in [3.63, 3.8) is 0 Å². The number of methoxy groups -OCH3 is 1. The maximum absolute atomic E-state index is 12.4. The molecule has 0 radical (unpaired) electrons. The zero-order valence-electron chi connectivity index (χ0n) is 18.5. The highest BCUT2D eigenvalue weighted by Crippen LogP contribution is 2.30. The van der Waals surface area contributed by atoms with Crippen LogP contribution in [0.3, 0.4) is 0 Å². The minimum Gasteiger partial charge on any atom is -0.497 e. The number of nitrogens with zero attached hydrogens (tertiary/aromatic N) is 1. The van der Waals surface area contributed by atoms with Gasteiger partial charge in [-0.1, -0.05) is 61.5 Å². The summed E-state index contributed by atoms with van der Waals surface area (Å²) in [5, 5.41) is 14.5. The fourth-order valence-corrected chi connectivity index (χ4v) is 4.11. The van der Waals surface area contributed by atoms with E-state index in [1.807, 2.05) is 53.1 Å². The zero-order valence-corrected chi connectivity index (χ0v) is 18.5. The monoisotopic (exact) mass is 428 g/mol. The Morgan fingerprint density at radius 3 is 2.31 bits per heavy atom. The predicted octanol–water partition coefficient (Wildman–Crippen LogP) is 5.25. The lowest BCUT2D eigenvalue weighted by molar-refractivity contribution is 0.0684.